The van der Waals surface area contributed by atoms with Crippen molar-refractivity contribution in [3.05, 3.63) is 46.2 Å². The first-order chi connectivity index (χ1) is 12.8. The Morgan fingerprint density at radius 1 is 1.26 bits per heavy atom. The average Bonchev–Trinajstić information content (AvgIpc) is 3.17. The summed E-state index contributed by atoms with van der Waals surface area (Å²) in [5.74, 6) is -0.211. The highest BCUT2D eigenvalue weighted by Crippen LogP contribution is 2.38. The number of thiophene rings is 1. The first kappa shape index (κ1) is 19.1. The first-order valence-electron chi connectivity index (χ1n) is 8.83. The van der Waals surface area contributed by atoms with Gasteiger partial charge in [-0.3, -0.25) is 19.3 Å². The fourth-order valence-corrected chi connectivity index (χ4v) is 3.57. The van der Waals surface area contributed by atoms with Gasteiger partial charge in [0.1, 0.15) is 12.3 Å². The SMILES string of the molecule is CCCNC(=O)CN1C(=O)C(C)(C)Oc2ccc(C(=O)c3cccs3)cc21. The number of rotatable bonds is 6. The third-order valence-corrected chi connectivity index (χ3v) is 5.12. The first-order valence-corrected chi connectivity index (χ1v) is 9.71. The largest absolute Gasteiger partial charge is 0.476 e. The van der Waals surface area contributed by atoms with E-state index < -0.39 is 5.60 Å². The maximum atomic E-state index is 12.9. The Bertz CT molecular complexity index is 874. The highest BCUT2D eigenvalue weighted by atomic mass is 32.1. The minimum absolute atomic E-state index is 0.116. The number of hydrogen-bond donors (Lipinski definition) is 1. The van der Waals surface area contributed by atoms with Crippen LogP contribution in [0.25, 0.3) is 0 Å². The van der Waals surface area contributed by atoms with Crippen molar-refractivity contribution in [2.75, 3.05) is 18.0 Å². The zero-order valence-corrected chi connectivity index (χ0v) is 16.4. The Labute approximate surface area is 162 Å². The maximum absolute atomic E-state index is 12.9. The molecule has 0 unspecified atom stereocenters. The maximum Gasteiger partial charge on any atom is 0.271 e. The molecule has 1 aliphatic heterocycles. The van der Waals surface area contributed by atoms with Crippen LogP contribution in [0.3, 0.4) is 0 Å². The van der Waals surface area contributed by atoms with E-state index in [1.807, 2.05) is 18.4 Å². The van der Waals surface area contributed by atoms with Crippen LogP contribution in [-0.4, -0.2) is 36.3 Å². The molecule has 0 fully saturated rings. The van der Waals surface area contributed by atoms with Gasteiger partial charge in [0.05, 0.1) is 10.6 Å². The van der Waals surface area contributed by atoms with Gasteiger partial charge in [-0.25, -0.2) is 0 Å². The molecule has 2 amide bonds. The summed E-state index contributed by atoms with van der Waals surface area (Å²) < 4.78 is 5.82. The van der Waals surface area contributed by atoms with Crippen molar-refractivity contribution in [3.8, 4) is 5.75 Å². The molecule has 27 heavy (non-hydrogen) atoms. The quantitative estimate of drug-likeness (QED) is 0.775. The van der Waals surface area contributed by atoms with Crippen molar-refractivity contribution in [2.45, 2.75) is 32.8 Å². The standard InChI is InChI=1S/C20H22N2O4S/c1-4-9-21-17(23)12-22-14-11-13(18(24)16-6-5-10-27-16)7-8-15(14)26-20(2,3)19(22)25/h5-8,10-11H,4,9,12H2,1-3H3,(H,21,23). The monoisotopic (exact) mass is 386 g/mol. The van der Waals surface area contributed by atoms with Gasteiger partial charge in [0.25, 0.3) is 5.91 Å². The fourth-order valence-electron chi connectivity index (χ4n) is 2.88. The third kappa shape index (κ3) is 3.88. The summed E-state index contributed by atoms with van der Waals surface area (Å²) in [4.78, 5) is 39.8. The van der Waals surface area contributed by atoms with Gasteiger partial charge in [-0.2, -0.15) is 0 Å². The van der Waals surface area contributed by atoms with E-state index >= 15 is 0 Å². The average molecular weight is 386 g/mol. The van der Waals surface area contributed by atoms with Crippen LogP contribution < -0.4 is 15.0 Å². The van der Waals surface area contributed by atoms with E-state index in [-0.39, 0.29) is 24.1 Å². The van der Waals surface area contributed by atoms with Gasteiger partial charge in [0, 0.05) is 12.1 Å². The number of ether oxygens (including phenoxy) is 1. The number of nitrogens with one attached hydrogen (secondary N) is 1. The highest BCUT2D eigenvalue weighted by Gasteiger charge is 2.41. The number of benzene rings is 1. The number of carbonyl (C=O) groups excluding carboxylic acids is 3. The molecule has 0 aliphatic carbocycles. The fraction of sp³-hybridized carbons (Fsp3) is 0.350. The second-order valence-electron chi connectivity index (χ2n) is 6.84. The lowest BCUT2D eigenvalue weighted by atomic mass is 10.0. The van der Waals surface area contributed by atoms with Crippen molar-refractivity contribution in [2.24, 2.45) is 0 Å². The van der Waals surface area contributed by atoms with Crippen molar-refractivity contribution < 1.29 is 19.1 Å². The van der Waals surface area contributed by atoms with E-state index in [0.29, 0.717) is 28.4 Å². The van der Waals surface area contributed by atoms with Gasteiger partial charge in [-0.05, 0) is 49.9 Å². The number of hydrogen-bond acceptors (Lipinski definition) is 5. The van der Waals surface area contributed by atoms with Gasteiger partial charge in [0.2, 0.25) is 11.7 Å². The molecule has 2 heterocycles. The Hall–Kier alpha value is -2.67. The molecule has 1 aromatic carbocycles. The summed E-state index contributed by atoms with van der Waals surface area (Å²) >= 11 is 1.36. The normalized spacial score (nSPS) is 15.1. The molecule has 1 aromatic heterocycles. The van der Waals surface area contributed by atoms with Crippen molar-refractivity contribution >= 4 is 34.6 Å². The number of ketones is 1. The lowest BCUT2D eigenvalue weighted by Crippen LogP contribution is -2.55. The molecule has 0 saturated heterocycles. The van der Waals surface area contributed by atoms with Crippen LogP contribution in [0.15, 0.2) is 35.7 Å². The molecule has 142 valence electrons. The Balaban J connectivity index is 1.96. The summed E-state index contributed by atoms with van der Waals surface area (Å²) in [6.45, 7) is 5.72. The Morgan fingerprint density at radius 3 is 2.70 bits per heavy atom. The lowest BCUT2D eigenvalue weighted by Gasteiger charge is -2.38. The van der Waals surface area contributed by atoms with Crippen molar-refractivity contribution in [1.29, 1.82) is 0 Å². The van der Waals surface area contributed by atoms with E-state index in [1.165, 1.54) is 16.2 Å². The van der Waals surface area contributed by atoms with Crippen molar-refractivity contribution in [1.82, 2.24) is 5.32 Å². The number of fused-ring (bicyclic) bond motifs is 1. The molecule has 6 nitrogen and oxygen atoms in total. The minimum atomic E-state index is -1.09. The van der Waals surface area contributed by atoms with E-state index in [2.05, 4.69) is 5.32 Å². The molecule has 0 radical (unpaired) electrons. The zero-order chi connectivity index (χ0) is 19.6. The molecule has 3 rings (SSSR count). The molecule has 0 bridgehead atoms. The summed E-state index contributed by atoms with van der Waals surface area (Å²) in [6.07, 6.45) is 0.810. The number of carbonyl (C=O) groups is 3. The van der Waals surface area contributed by atoms with E-state index in [9.17, 15) is 14.4 Å². The van der Waals surface area contributed by atoms with E-state index in [4.69, 9.17) is 4.74 Å². The number of amides is 2. The molecule has 7 heteroatoms. The third-order valence-electron chi connectivity index (χ3n) is 4.26. The van der Waals surface area contributed by atoms with Gasteiger partial charge >= 0.3 is 0 Å². The summed E-state index contributed by atoms with van der Waals surface area (Å²) in [6, 6.07) is 8.56. The van der Waals surface area contributed by atoms with Crippen LogP contribution in [0.4, 0.5) is 5.69 Å². The Morgan fingerprint density at radius 2 is 2.04 bits per heavy atom. The van der Waals surface area contributed by atoms with Crippen molar-refractivity contribution in [3.63, 3.8) is 0 Å². The van der Waals surface area contributed by atoms with Crippen LogP contribution in [-0.2, 0) is 9.59 Å². The second kappa shape index (κ2) is 7.52. The molecular formula is C20H22N2O4S. The van der Waals surface area contributed by atoms with Crippen LogP contribution >= 0.6 is 11.3 Å². The van der Waals surface area contributed by atoms with Gasteiger partial charge in [-0.1, -0.05) is 13.0 Å². The molecule has 1 aliphatic rings. The minimum Gasteiger partial charge on any atom is -0.476 e. The topological polar surface area (TPSA) is 75.7 Å². The Kier molecular flexibility index (Phi) is 5.32. The van der Waals surface area contributed by atoms with Crippen LogP contribution in [0.1, 0.15) is 42.4 Å². The number of nitrogens with zero attached hydrogens (tertiary/aromatic N) is 1. The molecule has 0 atom stereocenters. The highest BCUT2D eigenvalue weighted by molar-refractivity contribution is 7.12. The summed E-state index contributed by atoms with van der Waals surface area (Å²) in [5, 5.41) is 4.62. The number of anilines is 1. The lowest BCUT2D eigenvalue weighted by molar-refractivity contribution is -0.134. The van der Waals surface area contributed by atoms with E-state index in [1.54, 1.807) is 38.1 Å². The van der Waals surface area contributed by atoms with E-state index in [0.717, 1.165) is 6.42 Å². The summed E-state index contributed by atoms with van der Waals surface area (Å²) in [7, 11) is 0. The molecule has 0 spiro atoms. The van der Waals surface area contributed by atoms with Crippen LogP contribution in [0, 0.1) is 0 Å². The molecular weight excluding hydrogens is 364 g/mol. The molecule has 0 saturated carbocycles. The van der Waals surface area contributed by atoms with Gasteiger partial charge in [-0.15, -0.1) is 11.3 Å². The molecule has 1 N–H and O–H groups in total. The van der Waals surface area contributed by atoms with Gasteiger partial charge in [0.15, 0.2) is 5.60 Å². The zero-order valence-electron chi connectivity index (χ0n) is 15.6. The molecule has 2 aromatic rings. The smallest absolute Gasteiger partial charge is 0.271 e. The van der Waals surface area contributed by atoms with Gasteiger partial charge < -0.3 is 10.1 Å². The van der Waals surface area contributed by atoms with Crippen LogP contribution in [0.2, 0.25) is 0 Å². The summed E-state index contributed by atoms with van der Waals surface area (Å²) in [5.41, 5.74) is -0.197. The second-order valence-corrected chi connectivity index (χ2v) is 7.79. The predicted octanol–water partition coefficient (Wildman–Crippen LogP) is 3.01. The van der Waals surface area contributed by atoms with Crippen LogP contribution in [0.5, 0.6) is 5.75 Å². The predicted molar refractivity (Wildman–Crippen MR) is 105 cm³/mol.